The number of hydrogen-bond donors (Lipinski definition) is 1. The molecule has 7 nitrogen and oxygen atoms in total. The van der Waals surface area contributed by atoms with Crippen LogP contribution in [0.15, 0.2) is 12.1 Å². The zero-order valence-corrected chi connectivity index (χ0v) is 11.3. The number of hydrogen-bond acceptors (Lipinski definition) is 6. The van der Waals surface area contributed by atoms with Crippen LogP contribution in [0.3, 0.4) is 0 Å². The summed E-state index contributed by atoms with van der Waals surface area (Å²) in [5.74, 6) is 0.339. The number of carbonyl (C=O) groups excluding carboxylic acids is 1. The first-order valence-corrected chi connectivity index (χ1v) is 6.84. The summed E-state index contributed by atoms with van der Waals surface area (Å²) in [5, 5.41) is 21.7. The van der Waals surface area contributed by atoms with Gasteiger partial charge in [0.1, 0.15) is 5.78 Å². The maximum atomic E-state index is 11.3. The van der Waals surface area contributed by atoms with E-state index < -0.39 is 11.0 Å². The van der Waals surface area contributed by atoms with E-state index in [0.717, 1.165) is 0 Å². The van der Waals surface area contributed by atoms with Crippen molar-refractivity contribution < 1.29 is 24.3 Å². The fourth-order valence-corrected chi connectivity index (χ4v) is 2.93. The molecule has 21 heavy (non-hydrogen) atoms. The number of aliphatic hydroxyl groups excluding tert-OH is 1. The number of aliphatic hydroxyl groups is 1. The van der Waals surface area contributed by atoms with Crippen molar-refractivity contribution in [3.63, 3.8) is 0 Å². The third-order valence-corrected chi connectivity index (χ3v) is 4.08. The van der Waals surface area contributed by atoms with Crippen LogP contribution in [0.2, 0.25) is 0 Å². The van der Waals surface area contributed by atoms with Crippen LogP contribution in [0.5, 0.6) is 11.5 Å². The molecule has 1 aliphatic heterocycles. The van der Waals surface area contributed by atoms with Crippen molar-refractivity contribution in [1.29, 1.82) is 0 Å². The lowest BCUT2D eigenvalue weighted by Gasteiger charge is -2.28. The van der Waals surface area contributed by atoms with Gasteiger partial charge in [-0.1, -0.05) is 0 Å². The van der Waals surface area contributed by atoms with Gasteiger partial charge in [0.05, 0.1) is 11.0 Å². The predicted molar refractivity (Wildman–Crippen MR) is 71.1 cm³/mol. The number of ketones is 1. The molecule has 1 aromatic carbocycles. The Hall–Kier alpha value is -2.15. The van der Waals surface area contributed by atoms with Crippen LogP contribution >= 0.6 is 0 Å². The minimum Gasteiger partial charge on any atom is -0.450 e. The zero-order valence-electron chi connectivity index (χ0n) is 11.3. The van der Waals surface area contributed by atoms with E-state index in [0.29, 0.717) is 31.2 Å². The van der Waals surface area contributed by atoms with Gasteiger partial charge in [0.15, 0.2) is 0 Å². The molecule has 0 aromatic heterocycles. The van der Waals surface area contributed by atoms with Crippen LogP contribution in [0.4, 0.5) is 5.69 Å². The van der Waals surface area contributed by atoms with Gasteiger partial charge in [-0.2, -0.15) is 0 Å². The molecule has 0 saturated heterocycles. The lowest BCUT2D eigenvalue weighted by molar-refractivity contribution is -0.388. The van der Waals surface area contributed by atoms with E-state index in [-0.39, 0.29) is 35.7 Å². The van der Waals surface area contributed by atoms with E-state index >= 15 is 0 Å². The average molecular weight is 293 g/mol. The van der Waals surface area contributed by atoms with Gasteiger partial charge in [-0.3, -0.25) is 14.9 Å². The highest BCUT2D eigenvalue weighted by Gasteiger charge is 2.35. The Balaban J connectivity index is 1.94. The summed E-state index contributed by atoms with van der Waals surface area (Å²) < 4.78 is 10.3. The zero-order chi connectivity index (χ0) is 15.0. The van der Waals surface area contributed by atoms with Crippen molar-refractivity contribution in [3.8, 4) is 11.5 Å². The summed E-state index contributed by atoms with van der Waals surface area (Å²) in [7, 11) is 0. The van der Waals surface area contributed by atoms with Gasteiger partial charge in [-0.05, 0) is 30.9 Å². The largest absolute Gasteiger partial charge is 0.450 e. The van der Waals surface area contributed by atoms with E-state index in [9.17, 15) is 20.0 Å². The quantitative estimate of drug-likeness (QED) is 0.677. The highest BCUT2D eigenvalue weighted by molar-refractivity contribution is 5.79. The minimum atomic E-state index is -0.876. The Morgan fingerprint density at radius 1 is 1.29 bits per heavy atom. The Morgan fingerprint density at radius 2 is 2.00 bits per heavy atom. The highest BCUT2D eigenvalue weighted by atomic mass is 16.7. The Morgan fingerprint density at radius 3 is 2.67 bits per heavy atom. The summed E-state index contributed by atoms with van der Waals surface area (Å²) in [4.78, 5) is 21.9. The molecule has 112 valence electrons. The lowest BCUT2D eigenvalue weighted by Crippen LogP contribution is -2.22. The predicted octanol–water partition coefficient (Wildman–Crippen LogP) is 2.12. The number of fused-ring (bicyclic) bond motifs is 2. The van der Waals surface area contributed by atoms with Crippen LogP contribution in [-0.2, 0) is 4.79 Å². The topological polar surface area (TPSA) is 98.9 Å². The molecule has 1 saturated carbocycles. The summed E-state index contributed by atoms with van der Waals surface area (Å²) in [6.07, 6.45) is 1.19. The van der Waals surface area contributed by atoms with Crippen molar-refractivity contribution in [2.24, 2.45) is 5.92 Å². The van der Waals surface area contributed by atoms with E-state index in [2.05, 4.69) is 0 Å². The van der Waals surface area contributed by atoms with Crippen LogP contribution in [0.25, 0.3) is 0 Å². The number of nitro benzene ring substituents is 1. The normalized spacial score (nSPS) is 19.6. The van der Waals surface area contributed by atoms with Gasteiger partial charge in [0.2, 0.25) is 18.3 Å². The summed E-state index contributed by atoms with van der Waals surface area (Å²) in [6, 6.07) is 3.08. The van der Waals surface area contributed by atoms with Crippen LogP contribution in [0.1, 0.15) is 37.4 Å². The van der Waals surface area contributed by atoms with Crippen molar-refractivity contribution in [2.75, 3.05) is 6.79 Å². The number of nitro groups is 1. The first-order valence-electron chi connectivity index (χ1n) is 6.84. The molecule has 0 spiro atoms. The first kappa shape index (κ1) is 13.8. The number of carbonyl (C=O) groups is 1. The van der Waals surface area contributed by atoms with Crippen molar-refractivity contribution in [2.45, 2.75) is 31.8 Å². The van der Waals surface area contributed by atoms with Crippen LogP contribution in [0, 0.1) is 16.0 Å². The van der Waals surface area contributed by atoms with Crippen LogP contribution in [-0.4, -0.2) is 22.6 Å². The maximum Gasteiger partial charge on any atom is 0.353 e. The first-order chi connectivity index (χ1) is 10.1. The Bertz CT molecular complexity index is 589. The molecule has 1 aromatic rings. The summed E-state index contributed by atoms with van der Waals surface area (Å²) in [5.41, 5.74) is 0.151. The molecular formula is C14H15NO6. The van der Waals surface area contributed by atoms with Crippen molar-refractivity contribution in [3.05, 3.63) is 27.8 Å². The van der Waals surface area contributed by atoms with E-state index in [1.54, 1.807) is 6.07 Å². The van der Waals surface area contributed by atoms with Gasteiger partial charge < -0.3 is 14.6 Å². The lowest BCUT2D eigenvalue weighted by atomic mass is 9.82. The smallest absolute Gasteiger partial charge is 0.353 e. The number of rotatable bonds is 3. The van der Waals surface area contributed by atoms with Gasteiger partial charge >= 0.3 is 5.69 Å². The molecule has 1 fully saturated rings. The molecular weight excluding hydrogens is 278 g/mol. The molecule has 0 amide bonds. The fourth-order valence-electron chi connectivity index (χ4n) is 2.93. The van der Waals surface area contributed by atoms with Gasteiger partial charge in [-0.25, -0.2) is 0 Å². The molecule has 1 heterocycles. The fraction of sp³-hybridized carbons (Fsp3) is 0.500. The van der Waals surface area contributed by atoms with Gasteiger partial charge in [0.25, 0.3) is 0 Å². The molecule has 7 heteroatoms. The second kappa shape index (κ2) is 5.33. The highest BCUT2D eigenvalue weighted by Crippen LogP contribution is 2.47. The molecule has 2 bridgehead atoms. The molecule has 3 rings (SSSR count). The van der Waals surface area contributed by atoms with E-state index in [1.807, 2.05) is 0 Å². The van der Waals surface area contributed by atoms with E-state index in [1.165, 1.54) is 6.07 Å². The number of nitrogens with zero attached hydrogens (tertiary/aromatic N) is 1. The molecule has 1 unspecified atom stereocenters. The number of benzene rings is 1. The number of ether oxygens (including phenoxy) is 2. The standard InChI is InChI=1S/C14H15NO6/c16-9-3-1-8(2-4-9)13(17)10-5-6-11-12(15(18)19)14(10)21-7-20-11/h5-6,8,13,17H,1-4,7H2. The third kappa shape index (κ3) is 2.44. The second-order valence-electron chi connectivity index (χ2n) is 5.32. The van der Waals surface area contributed by atoms with Gasteiger partial charge in [0, 0.05) is 18.4 Å². The molecule has 2 aliphatic rings. The Kier molecular flexibility index (Phi) is 3.50. The van der Waals surface area contributed by atoms with Crippen LogP contribution < -0.4 is 9.47 Å². The summed E-state index contributed by atoms with van der Waals surface area (Å²) in [6.45, 7) is -0.105. The van der Waals surface area contributed by atoms with Crippen molar-refractivity contribution in [1.82, 2.24) is 0 Å². The molecule has 1 atom stereocenters. The SMILES string of the molecule is O=C1CCC(C(O)c2ccc3c([N+](=O)[O-])c2OCO3)CC1. The Labute approximate surface area is 120 Å². The molecule has 1 N–H and O–H groups in total. The maximum absolute atomic E-state index is 11.3. The molecule has 1 aliphatic carbocycles. The minimum absolute atomic E-state index is 0.0770. The van der Waals surface area contributed by atoms with Crippen molar-refractivity contribution >= 4 is 11.5 Å². The summed E-state index contributed by atoms with van der Waals surface area (Å²) >= 11 is 0. The second-order valence-corrected chi connectivity index (χ2v) is 5.32. The van der Waals surface area contributed by atoms with Gasteiger partial charge in [-0.15, -0.1) is 0 Å². The van der Waals surface area contributed by atoms with E-state index in [4.69, 9.17) is 9.47 Å². The third-order valence-electron chi connectivity index (χ3n) is 4.08. The number of Topliss-reactive ketones (excluding diaryl/α,β-unsaturated/α-hetero) is 1. The molecule has 0 radical (unpaired) electrons. The average Bonchev–Trinajstić information content (AvgIpc) is 2.47. The monoisotopic (exact) mass is 293 g/mol.